The van der Waals surface area contributed by atoms with Crippen LogP contribution < -0.4 is 0 Å². The van der Waals surface area contributed by atoms with Gasteiger partial charge in [0, 0.05) is 5.57 Å². The average Bonchev–Trinajstić information content (AvgIpc) is 2.52. The van der Waals surface area contributed by atoms with Gasteiger partial charge in [0.05, 0.1) is 0 Å². The molecule has 0 aromatic carbocycles. The van der Waals surface area contributed by atoms with Gasteiger partial charge >= 0.3 is 5.97 Å². The van der Waals surface area contributed by atoms with Gasteiger partial charge in [0.1, 0.15) is 0 Å². The first kappa shape index (κ1) is 12.3. The molecule has 0 heterocycles. The molecule has 0 unspecified atom stereocenters. The van der Waals surface area contributed by atoms with Gasteiger partial charge < -0.3 is 5.11 Å². The summed E-state index contributed by atoms with van der Waals surface area (Å²) in [7, 11) is 0. The number of allylic oxidation sites excluding steroid dienone is 1. The summed E-state index contributed by atoms with van der Waals surface area (Å²) in [6, 6.07) is 0. The van der Waals surface area contributed by atoms with Crippen LogP contribution in [0.2, 0.25) is 0 Å². The third-order valence-corrected chi connectivity index (χ3v) is 3.82. The minimum Gasteiger partial charge on any atom is -0.478 e. The Balaban J connectivity index is 3.03. The summed E-state index contributed by atoms with van der Waals surface area (Å²) >= 11 is 0. The second-order valence-electron chi connectivity index (χ2n) is 5.75. The minimum atomic E-state index is -0.787. The molecule has 1 fully saturated rings. The van der Waals surface area contributed by atoms with Crippen molar-refractivity contribution in [3.63, 3.8) is 0 Å². The molecule has 0 amide bonds. The molecule has 1 aliphatic carbocycles. The third-order valence-electron chi connectivity index (χ3n) is 3.82. The molecule has 1 rings (SSSR count). The molecule has 0 aromatic heterocycles. The van der Waals surface area contributed by atoms with Crippen molar-refractivity contribution >= 4 is 5.97 Å². The van der Waals surface area contributed by atoms with E-state index in [9.17, 15) is 4.79 Å². The number of carboxylic acids is 1. The van der Waals surface area contributed by atoms with Crippen LogP contribution in [0.3, 0.4) is 0 Å². The van der Waals surface area contributed by atoms with Crippen molar-refractivity contribution in [2.45, 2.75) is 53.4 Å². The number of hydrogen-bond acceptors (Lipinski definition) is 1. The van der Waals surface area contributed by atoms with Crippen molar-refractivity contribution < 1.29 is 9.90 Å². The first-order valence-corrected chi connectivity index (χ1v) is 5.71. The molecule has 2 nitrogen and oxygen atoms in total. The molecular weight excluding hydrogens is 188 g/mol. The van der Waals surface area contributed by atoms with Crippen LogP contribution in [-0.2, 0) is 4.79 Å². The summed E-state index contributed by atoms with van der Waals surface area (Å²) < 4.78 is 0. The van der Waals surface area contributed by atoms with Gasteiger partial charge in [-0.25, -0.2) is 4.79 Å². The molecule has 0 aliphatic heterocycles. The van der Waals surface area contributed by atoms with Crippen LogP contribution in [-0.4, -0.2) is 11.1 Å². The molecule has 15 heavy (non-hydrogen) atoms. The summed E-state index contributed by atoms with van der Waals surface area (Å²) in [4.78, 5) is 10.9. The molecule has 0 bridgehead atoms. The molecule has 86 valence electrons. The fourth-order valence-corrected chi connectivity index (χ4v) is 2.59. The lowest BCUT2D eigenvalue weighted by atomic mass is 9.64. The van der Waals surface area contributed by atoms with Crippen molar-refractivity contribution in [2.75, 3.05) is 0 Å². The van der Waals surface area contributed by atoms with Gasteiger partial charge in [-0.1, -0.05) is 39.7 Å². The molecule has 1 saturated carbocycles. The fraction of sp³-hybridized carbons (Fsp3) is 0.769. The van der Waals surface area contributed by atoms with Gasteiger partial charge in [-0.3, -0.25) is 0 Å². The van der Waals surface area contributed by atoms with Crippen molar-refractivity contribution in [3.05, 3.63) is 11.6 Å². The van der Waals surface area contributed by atoms with E-state index in [2.05, 4.69) is 20.8 Å². The highest BCUT2D eigenvalue weighted by Crippen LogP contribution is 2.52. The fourth-order valence-electron chi connectivity index (χ4n) is 2.59. The molecule has 1 N–H and O–H groups in total. The third kappa shape index (κ3) is 2.42. The SMILES string of the molecule is CC(=CC1(C(C)(C)C)CCCC1)C(=O)O. The molecule has 0 atom stereocenters. The highest BCUT2D eigenvalue weighted by atomic mass is 16.4. The Hall–Kier alpha value is -0.790. The van der Waals surface area contributed by atoms with Crippen LogP contribution in [0.4, 0.5) is 0 Å². The Morgan fingerprint density at radius 3 is 2.07 bits per heavy atom. The van der Waals surface area contributed by atoms with Crippen molar-refractivity contribution in [1.29, 1.82) is 0 Å². The summed E-state index contributed by atoms with van der Waals surface area (Å²) in [5, 5.41) is 8.95. The molecule has 0 spiro atoms. The van der Waals surface area contributed by atoms with Crippen LogP contribution in [0, 0.1) is 10.8 Å². The maximum Gasteiger partial charge on any atom is 0.330 e. The molecular formula is C13H22O2. The largest absolute Gasteiger partial charge is 0.478 e. The van der Waals surface area contributed by atoms with Gasteiger partial charge in [0.25, 0.3) is 0 Å². The van der Waals surface area contributed by atoms with E-state index >= 15 is 0 Å². The van der Waals surface area contributed by atoms with E-state index in [-0.39, 0.29) is 10.8 Å². The second kappa shape index (κ2) is 3.99. The Morgan fingerprint density at radius 1 is 1.27 bits per heavy atom. The maximum absolute atomic E-state index is 10.9. The zero-order chi connectivity index (χ0) is 11.7. The molecule has 0 saturated heterocycles. The summed E-state index contributed by atoms with van der Waals surface area (Å²) in [5.41, 5.74) is 0.738. The van der Waals surface area contributed by atoms with Gasteiger partial charge in [-0.05, 0) is 30.6 Å². The number of carboxylic acid groups (broad SMARTS) is 1. The lowest BCUT2D eigenvalue weighted by Gasteiger charge is -2.40. The number of carbonyl (C=O) groups is 1. The number of hydrogen-bond donors (Lipinski definition) is 1. The van der Waals surface area contributed by atoms with Crippen LogP contribution in [0.5, 0.6) is 0 Å². The van der Waals surface area contributed by atoms with Crippen molar-refractivity contribution in [3.8, 4) is 0 Å². The number of aliphatic carboxylic acids is 1. The average molecular weight is 210 g/mol. The van der Waals surface area contributed by atoms with E-state index in [1.165, 1.54) is 12.8 Å². The standard InChI is InChI=1S/C13H22O2/c1-10(11(14)15)9-13(12(2,3)4)7-5-6-8-13/h9H,5-8H2,1-4H3,(H,14,15). The quantitative estimate of drug-likeness (QED) is 0.707. The van der Waals surface area contributed by atoms with Crippen LogP contribution in [0.1, 0.15) is 53.4 Å². The summed E-state index contributed by atoms with van der Waals surface area (Å²) in [5.74, 6) is -0.787. The Kier molecular flexibility index (Phi) is 3.27. The first-order chi connectivity index (χ1) is 6.78. The van der Waals surface area contributed by atoms with Crippen molar-refractivity contribution in [2.24, 2.45) is 10.8 Å². The lowest BCUT2D eigenvalue weighted by molar-refractivity contribution is -0.132. The molecule has 0 radical (unpaired) electrons. The first-order valence-electron chi connectivity index (χ1n) is 5.71. The smallest absolute Gasteiger partial charge is 0.330 e. The zero-order valence-electron chi connectivity index (χ0n) is 10.3. The van der Waals surface area contributed by atoms with Gasteiger partial charge in [-0.2, -0.15) is 0 Å². The molecule has 1 aliphatic rings. The minimum absolute atomic E-state index is 0.0927. The van der Waals surface area contributed by atoms with Gasteiger partial charge in [0.15, 0.2) is 0 Å². The lowest BCUT2D eigenvalue weighted by Crippen LogP contribution is -2.31. The predicted molar refractivity (Wildman–Crippen MR) is 61.7 cm³/mol. The van der Waals surface area contributed by atoms with Gasteiger partial charge in [-0.15, -0.1) is 0 Å². The van der Waals surface area contributed by atoms with E-state index < -0.39 is 5.97 Å². The Labute approximate surface area is 92.4 Å². The van der Waals surface area contributed by atoms with Crippen LogP contribution >= 0.6 is 0 Å². The van der Waals surface area contributed by atoms with E-state index in [0.29, 0.717) is 5.57 Å². The monoisotopic (exact) mass is 210 g/mol. The summed E-state index contributed by atoms with van der Waals surface area (Å²) in [6.07, 6.45) is 6.70. The number of rotatable bonds is 2. The second-order valence-corrected chi connectivity index (χ2v) is 5.75. The van der Waals surface area contributed by atoms with Gasteiger partial charge in [0.2, 0.25) is 0 Å². The molecule has 0 aromatic rings. The summed E-state index contributed by atoms with van der Waals surface area (Å²) in [6.45, 7) is 8.34. The van der Waals surface area contributed by atoms with E-state index in [4.69, 9.17) is 5.11 Å². The topological polar surface area (TPSA) is 37.3 Å². The normalized spacial score (nSPS) is 21.7. The van der Waals surface area contributed by atoms with E-state index in [1.54, 1.807) is 6.92 Å². The Bertz CT molecular complexity index is 275. The maximum atomic E-state index is 10.9. The van der Waals surface area contributed by atoms with Crippen LogP contribution in [0.15, 0.2) is 11.6 Å². The Morgan fingerprint density at radius 2 is 1.73 bits per heavy atom. The zero-order valence-corrected chi connectivity index (χ0v) is 10.3. The highest BCUT2D eigenvalue weighted by Gasteiger charge is 2.42. The highest BCUT2D eigenvalue weighted by molar-refractivity contribution is 5.85. The van der Waals surface area contributed by atoms with E-state index in [0.717, 1.165) is 12.8 Å². The van der Waals surface area contributed by atoms with E-state index in [1.807, 2.05) is 6.08 Å². The van der Waals surface area contributed by atoms with Crippen LogP contribution in [0.25, 0.3) is 0 Å². The molecule has 2 heteroatoms. The van der Waals surface area contributed by atoms with Crippen molar-refractivity contribution in [1.82, 2.24) is 0 Å². The predicted octanol–water partition coefficient (Wildman–Crippen LogP) is 3.62.